The van der Waals surface area contributed by atoms with Crippen LogP contribution in [0, 0.1) is 5.41 Å². The molecule has 0 saturated heterocycles. The van der Waals surface area contributed by atoms with E-state index in [0.29, 0.717) is 16.4 Å². The summed E-state index contributed by atoms with van der Waals surface area (Å²) in [6, 6.07) is 15.0. The Morgan fingerprint density at radius 2 is 1.83 bits per heavy atom. The lowest BCUT2D eigenvalue weighted by Gasteiger charge is -2.18. The van der Waals surface area contributed by atoms with Crippen molar-refractivity contribution in [3.63, 3.8) is 0 Å². The molecule has 6 heteroatoms. The predicted octanol–water partition coefficient (Wildman–Crippen LogP) is 3.99. The number of nitrogens with zero attached hydrogens (tertiary/aromatic N) is 3. The van der Waals surface area contributed by atoms with E-state index >= 15 is 0 Å². The minimum absolute atomic E-state index is 0.147. The number of aliphatic hydroxyl groups is 1. The number of hydrogen-bond acceptors (Lipinski definition) is 3. The van der Waals surface area contributed by atoms with E-state index in [1.54, 1.807) is 17.0 Å². The highest BCUT2D eigenvalue weighted by molar-refractivity contribution is 6.31. The van der Waals surface area contributed by atoms with Gasteiger partial charge < -0.3 is 14.6 Å². The van der Waals surface area contributed by atoms with E-state index in [2.05, 4.69) is 4.98 Å². The number of imidazole rings is 1. The molecule has 1 aliphatic heterocycles. The van der Waals surface area contributed by atoms with Crippen LogP contribution < -0.4 is 4.90 Å². The first-order valence-corrected chi connectivity index (χ1v) is 7.90. The third-order valence-corrected chi connectivity index (χ3v) is 4.50. The summed E-state index contributed by atoms with van der Waals surface area (Å²) < 4.78 is 1.90. The Bertz CT molecular complexity index is 988. The van der Waals surface area contributed by atoms with Gasteiger partial charge in [0.1, 0.15) is 17.4 Å². The van der Waals surface area contributed by atoms with Crippen LogP contribution in [0.15, 0.2) is 54.3 Å². The number of amidine groups is 1. The highest BCUT2D eigenvalue weighted by Gasteiger charge is 2.32. The van der Waals surface area contributed by atoms with Crippen LogP contribution >= 0.6 is 11.6 Å². The van der Waals surface area contributed by atoms with Crippen LogP contribution in [0.4, 0.5) is 5.69 Å². The minimum atomic E-state index is 0.147. The molecule has 0 atom stereocenters. The van der Waals surface area contributed by atoms with Gasteiger partial charge in [-0.3, -0.25) is 5.41 Å². The second-order valence-electron chi connectivity index (χ2n) is 5.72. The lowest BCUT2D eigenvalue weighted by molar-refractivity contribution is 0.411. The predicted molar refractivity (Wildman–Crippen MR) is 96.8 cm³/mol. The average molecular weight is 339 g/mol. The highest BCUT2D eigenvalue weighted by Crippen LogP contribution is 2.32. The van der Waals surface area contributed by atoms with E-state index in [-0.39, 0.29) is 18.1 Å². The largest absolute Gasteiger partial charge is 0.509 e. The number of benzene rings is 2. The number of aliphatic hydroxyl groups excluding tert-OH is 1. The van der Waals surface area contributed by atoms with Crippen LogP contribution in [-0.2, 0) is 7.05 Å². The molecule has 24 heavy (non-hydrogen) atoms. The maximum atomic E-state index is 10.5. The Balaban J connectivity index is 1.77. The fourth-order valence-corrected chi connectivity index (χ4v) is 3.15. The number of nitrogens with one attached hydrogen (secondary N) is 1. The van der Waals surface area contributed by atoms with Crippen molar-refractivity contribution in [2.24, 2.45) is 7.05 Å². The fraction of sp³-hybridized carbons (Fsp3) is 0.111. The number of hydrogen-bond donors (Lipinski definition) is 2. The molecular weight excluding hydrogens is 324 g/mol. The molecule has 2 N–H and O–H groups in total. The van der Waals surface area contributed by atoms with Gasteiger partial charge in [0.2, 0.25) is 0 Å². The minimum Gasteiger partial charge on any atom is -0.509 e. The molecule has 2 heterocycles. The molecule has 4 rings (SSSR count). The monoisotopic (exact) mass is 338 g/mol. The topological polar surface area (TPSA) is 65.1 Å². The van der Waals surface area contributed by atoms with Crippen LogP contribution in [0.3, 0.4) is 0 Å². The van der Waals surface area contributed by atoms with Crippen LogP contribution in [0.5, 0.6) is 0 Å². The van der Waals surface area contributed by atoms with Gasteiger partial charge >= 0.3 is 0 Å². The van der Waals surface area contributed by atoms with E-state index in [4.69, 9.17) is 17.0 Å². The first-order chi connectivity index (χ1) is 11.6. The van der Waals surface area contributed by atoms with Crippen molar-refractivity contribution in [2.45, 2.75) is 0 Å². The summed E-state index contributed by atoms with van der Waals surface area (Å²) in [6.07, 6.45) is 0. The van der Waals surface area contributed by atoms with E-state index < -0.39 is 0 Å². The first kappa shape index (κ1) is 14.8. The van der Waals surface area contributed by atoms with Gasteiger partial charge in [-0.1, -0.05) is 23.7 Å². The second-order valence-corrected chi connectivity index (χ2v) is 6.15. The number of para-hydroxylation sites is 2. The third-order valence-electron chi connectivity index (χ3n) is 4.25. The molecule has 0 amide bonds. The standard InChI is InChI=1S/C18H15ClN4O/c1-22-14-5-3-2-4-13(14)21-18(22)16-15(24)10-23(17(16)20)12-8-6-11(19)7-9-12/h2-9,20,24H,10H2,1H3. The maximum Gasteiger partial charge on any atom is 0.148 e. The quantitative estimate of drug-likeness (QED) is 0.742. The molecule has 1 aromatic heterocycles. The van der Waals surface area contributed by atoms with Crippen molar-refractivity contribution in [3.05, 3.63) is 65.1 Å². The van der Waals surface area contributed by atoms with Gasteiger partial charge in [0.15, 0.2) is 0 Å². The van der Waals surface area contributed by atoms with Gasteiger partial charge in [-0.2, -0.15) is 0 Å². The summed E-state index contributed by atoms with van der Waals surface area (Å²) >= 11 is 5.93. The molecule has 2 aromatic carbocycles. The Hall–Kier alpha value is -2.79. The Morgan fingerprint density at radius 1 is 1.12 bits per heavy atom. The highest BCUT2D eigenvalue weighted by atomic mass is 35.5. The number of aromatic nitrogens is 2. The Morgan fingerprint density at radius 3 is 2.54 bits per heavy atom. The number of fused-ring (bicyclic) bond motifs is 1. The fourth-order valence-electron chi connectivity index (χ4n) is 3.03. The van der Waals surface area contributed by atoms with Crippen molar-refractivity contribution in [1.29, 1.82) is 5.41 Å². The summed E-state index contributed by atoms with van der Waals surface area (Å²) in [4.78, 5) is 6.33. The second kappa shape index (κ2) is 5.39. The molecule has 0 aliphatic carbocycles. The van der Waals surface area contributed by atoms with E-state index in [9.17, 15) is 5.11 Å². The van der Waals surface area contributed by atoms with Crippen LogP contribution in [-0.4, -0.2) is 27.0 Å². The van der Waals surface area contributed by atoms with E-state index in [0.717, 1.165) is 16.7 Å². The number of halogens is 1. The average Bonchev–Trinajstić information content (AvgIpc) is 3.05. The van der Waals surface area contributed by atoms with Crippen LogP contribution in [0.1, 0.15) is 5.82 Å². The lowest BCUT2D eigenvalue weighted by Crippen LogP contribution is -2.26. The summed E-state index contributed by atoms with van der Waals surface area (Å²) in [5, 5.41) is 19.6. The van der Waals surface area contributed by atoms with Gasteiger partial charge in [-0.25, -0.2) is 4.98 Å². The molecule has 120 valence electrons. The summed E-state index contributed by atoms with van der Waals surface area (Å²) in [7, 11) is 1.89. The normalized spacial score (nSPS) is 14.9. The molecule has 0 spiro atoms. The van der Waals surface area contributed by atoms with Crippen molar-refractivity contribution in [2.75, 3.05) is 11.4 Å². The SMILES string of the molecule is Cn1c(C2=C(O)CN(c3ccc(Cl)cc3)C2=N)nc2ccccc21. The van der Waals surface area contributed by atoms with Crippen molar-refractivity contribution >= 4 is 39.7 Å². The number of anilines is 1. The molecule has 3 aromatic rings. The Labute approximate surface area is 143 Å². The van der Waals surface area contributed by atoms with Gasteiger partial charge in [0.05, 0.1) is 23.2 Å². The molecule has 0 unspecified atom stereocenters. The lowest BCUT2D eigenvalue weighted by atomic mass is 10.2. The van der Waals surface area contributed by atoms with Gasteiger partial charge in [0.25, 0.3) is 0 Å². The van der Waals surface area contributed by atoms with Gasteiger partial charge in [0, 0.05) is 17.8 Å². The zero-order valence-electron chi connectivity index (χ0n) is 13.0. The van der Waals surface area contributed by atoms with E-state index in [1.807, 2.05) is 48.0 Å². The number of rotatable bonds is 2. The molecule has 5 nitrogen and oxygen atoms in total. The van der Waals surface area contributed by atoms with Crippen molar-refractivity contribution in [1.82, 2.24) is 9.55 Å². The molecule has 0 fully saturated rings. The zero-order valence-corrected chi connectivity index (χ0v) is 13.7. The molecule has 1 aliphatic rings. The third kappa shape index (κ3) is 2.17. The summed E-state index contributed by atoms with van der Waals surface area (Å²) in [5.41, 5.74) is 3.08. The van der Waals surface area contributed by atoms with Gasteiger partial charge in [-0.05, 0) is 36.4 Å². The zero-order chi connectivity index (χ0) is 16.8. The van der Waals surface area contributed by atoms with Crippen LogP contribution in [0.25, 0.3) is 16.6 Å². The van der Waals surface area contributed by atoms with Crippen LogP contribution in [0.2, 0.25) is 5.02 Å². The Kier molecular flexibility index (Phi) is 3.32. The number of aryl methyl sites for hydroxylation is 1. The summed E-state index contributed by atoms with van der Waals surface area (Å²) in [6.45, 7) is 0.249. The van der Waals surface area contributed by atoms with Crippen molar-refractivity contribution in [3.8, 4) is 0 Å². The van der Waals surface area contributed by atoms with E-state index in [1.165, 1.54) is 0 Å². The molecular formula is C18H15ClN4O. The molecule has 0 saturated carbocycles. The molecule has 0 radical (unpaired) electrons. The summed E-state index contributed by atoms with van der Waals surface area (Å²) in [5.74, 6) is 0.969. The van der Waals surface area contributed by atoms with Crippen molar-refractivity contribution < 1.29 is 5.11 Å². The maximum absolute atomic E-state index is 10.5. The molecule has 0 bridgehead atoms. The van der Waals surface area contributed by atoms with Gasteiger partial charge in [-0.15, -0.1) is 0 Å². The smallest absolute Gasteiger partial charge is 0.148 e. The first-order valence-electron chi connectivity index (χ1n) is 7.52.